The molecular formula is C49H30N4. The van der Waals surface area contributed by atoms with E-state index >= 15 is 0 Å². The summed E-state index contributed by atoms with van der Waals surface area (Å²) in [7, 11) is 0. The zero-order valence-corrected chi connectivity index (χ0v) is 28.6. The number of nitrogens with zero attached hydrogens (tertiary/aromatic N) is 4. The van der Waals surface area contributed by atoms with Crippen LogP contribution < -0.4 is 0 Å². The van der Waals surface area contributed by atoms with Gasteiger partial charge in [0.25, 0.3) is 0 Å². The van der Waals surface area contributed by atoms with Crippen molar-refractivity contribution >= 4 is 87.1 Å². The quantitative estimate of drug-likeness (QED) is 0.183. The molecule has 0 N–H and O–H groups in total. The van der Waals surface area contributed by atoms with E-state index in [1.165, 1.54) is 76.4 Å². The summed E-state index contributed by atoms with van der Waals surface area (Å²) in [5.74, 6) is 0. The van der Waals surface area contributed by atoms with Gasteiger partial charge in [-0.25, -0.2) is 0 Å². The number of hydrogen-bond acceptors (Lipinski definition) is 1. The Hall–Kier alpha value is -7.17. The highest BCUT2D eigenvalue weighted by atomic mass is 15.0. The second-order valence-corrected chi connectivity index (χ2v) is 14.0. The predicted octanol–water partition coefficient (Wildman–Crippen LogP) is 12.7. The Bertz CT molecular complexity index is 3360. The lowest BCUT2D eigenvalue weighted by Gasteiger charge is -2.15. The van der Waals surface area contributed by atoms with Crippen LogP contribution in [0, 0.1) is 0 Å². The van der Waals surface area contributed by atoms with Crippen LogP contribution in [0.25, 0.3) is 104 Å². The molecule has 0 spiro atoms. The van der Waals surface area contributed by atoms with Crippen LogP contribution in [0.3, 0.4) is 0 Å². The molecule has 12 rings (SSSR count). The smallest absolute Gasteiger partial charge is 0.0703 e. The number of benzene rings is 8. The summed E-state index contributed by atoms with van der Waals surface area (Å²) in [5.41, 5.74) is 11.5. The molecule has 0 unspecified atom stereocenters. The lowest BCUT2D eigenvalue weighted by Crippen LogP contribution is -1.99. The number of pyridine rings is 1. The van der Waals surface area contributed by atoms with Crippen LogP contribution in [0.1, 0.15) is 0 Å². The molecule has 0 radical (unpaired) electrons. The standard InChI is InChI=1S/C49H30N4/c1-8-20-42-31(13-1)27-33(30-50-42)52-47-26-25-32(51-43-21-9-4-14-34(43)35-15-5-10-22-44(35)51)28-40(47)41-29-48(38-18-2-3-19-39(38)49(41)52)53-45-23-11-6-16-36(45)37-17-7-12-24-46(37)53/h1-30H. The number of fused-ring (bicyclic) bond motifs is 12. The van der Waals surface area contributed by atoms with E-state index < -0.39 is 0 Å². The molecular weight excluding hydrogens is 645 g/mol. The van der Waals surface area contributed by atoms with Gasteiger partial charge in [0.2, 0.25) is 0 Å². The van der Waals surface area contributed by atoms with Crippen molar-refractivity contribution in [2.45, 2.75) is 0 Å². The van der Waals surface area contributed by atoms with Crippen molar-refractivity contribution in [1.82, 2.24) is 18.7 Å². The summed E-state index contributed by atoms with van der Waals surface area (Å²) in [6.07, 6.45) is 2.03. The maximum Gasteiger partial charge on any atom is 0.0703 e. The van der Waals surface area contributed by atoms with E-state index in [9.17, 15) is 0 Å². The van der Waals surface area contributed by atoms with Crippen molar-refractivity contribution < 1.29 is 0 Å². The molecule has 4 aromatic heterocycles. The molecule has 4 nitrogen and oxygen atoms in total. The second-order valence-electron chi connectivity index (χ2n) is 14.0. The third-order valence-corrected chi connectivity index (χ3v) is 11.2. The first-order valence-electron chi connectivity index (χ1n) is 18.1. The van der Waals surface area contributed by atoms with Gasteiger partial charge in [0, 0.05) is 54.2 Å². The molecule has 4 heteroatoms. The summed E-state index contributed by atoms with van der Waals surface area (Å²) in [4.78, 5) is 4.95. The van der Waals surface area contributed by atoms with E-state index in [-0.39, 0.29) is 0 Å². The fourth-order valence-corrected chi connectivity index (χ4v) is 9.00. The van der Waals surface area contributed by atoms with Gasteiger partial charge < -0.3 is 13.7 Å². The second kappa shape index (κ2) is 10.7. The zero-order chi connectivity index (χ0) is 34.6. The van der Waals surface area contributed by atoms with E-state index in [0.29, 0.717) is 0 Å². The Kier molecular flexibility index (Phi) is 5.74. The zero-order valence-electron chi connectivity index (χ0n) is 28.6. The van der Waals surface area contributed by atoms with Gasteiger partial charge in [-0.1, -0.05) is 115 Å². The van der Waals surface area contributed by atoms with Crippen molar-refractivity contribution in [3.05, 3.63) is 182 Å². The van der Waals surface area contributed by atoms with E-state index in [4.69, 9.17) is 4.98 Å². The lowest BCUT2D eigenvalue weighted by molar-refractivity contribution is 1.15. The van der Waals surface area contributed by atoms with Crippen molar-refractivity contribution in [3.8, 4) is 17.1 Å². The minimum atomic E-state index is 0.990. The number of aromatic nitrogens is 4. The molecule has 0 amide bonds. The van der Waals surface area contributed by atoms with Gasteiger partial charge >= 0.3 is 0 Å². The average molecular weight is 675 g/mol. The first-order chi connectivity index (χ1) is 26.3. The summed E-state index contributed by atoms with van der Waals surface area (Å²) in [6, 6.07) is 64.0. The molecule has 0 saturated heterocycles. The fraction of sp³-hybridized carbons (Fsp3) is 0. The molecule has 0 bridgehead atoms. The van der Waals surface area contributed by atoms with E-state index in [1.807, 2.05) is 6.20 Å². The monoisotopic (exact) mass is 674 g/mol. The molecule has 4 heterocycles. The van der Waals surface area contributed by atoms with Gasteiger partial charge in [0.15, 0.2) is 0 Å². The maximum atomic E-state index is 4.95. The van der Waals surface area contributed by atoms with Crippen LogP contribution in [-0.2, 0) is 0 Å². The van der Waals surface area contributed by atoms with Crippen LogP contribution in [0.4, 0.5) is 0 Å². The van der Waals surface area contributed by atoms with E-state index in [2.05, 4.69) is 190 Å². The molecule has 0 atom stereocenters. The van der Waals surface area contributed by atoms with Gasteiger partial charge in [0.1, 0.15) is 0 Å². The molecule has 0 aliphatic carbocycles. The Morgan fingerprint density at radius 3 is 1.47 bits per heavy atom. The van der Waals surface area contributed by atoms with Crippen LogP contribution in [-0.4, -0.2) is 18.7 Å². The van der Waals surface area contributed by atoms with Crippen molar-refractivity contribution in [3.63, 3.8) is 0 Å². The van der Waals surface area contributed by atoms with Crippen LogP contribution in [0.2, 0.25) is 0 Å². The topological polar surface area (TPSA) is 27.7 Å². The molecule has 12 aromatic rings. The molecule has 8 aromatic carbocycles. The lowest BCUT2D eigenvalue weighted by atomic mass is 10.0. The van der Waals surface area contributed by atoms with Crippen LogP contribution in [0.15, 0.2) is 182 Å². The minimum absolute atomic E-state index is 0.990. The Morgan fingerprint density at radius 2 is 0.830 bits per heavy atom. The highest BCUT2D eigenvalue weighted by molar-refractivity contribution is 6.22. The van der Waals surface area contributed by atoms with Crippen molar-refractivity contribution in [1.29, 1.82) is 0 Å². The van der Waals surface area contributed by atoms with Gasteiger partial charge in [-0.2, -0.15) is 0 Å². The SMILES string of the molecule is c1ccc2ncc(-n3c4ccc(-n5c6ccccc6c6ccccc65)cc4c4cc(-n5c6ccccc6c6ccccc65)c5ccccc5c43)cc2c1. The van der Waals surface area contributed by atoms with Gasteiger partial charge in [-0.3, -0.25) is 4.98 Å². The highest BCUT2D eigenvalue weighted by Gasteiger charge is 2.22. The van der Waals surface area contributed by atoms with Gasteiger partial charge in [-0.05, 0) is 60.7 Å². The number of para-hydroxylation sites is 5. The third kappa shape index (κ3) is 3.92. The first kappa shape index (κ1) is 28.5. The maximum absolute atomic E-state index is 4.95. The van der Waals surface area contributed by atoms with Crippen molar-refractivity contribution in [2.75, 3.05) is 0 Å². The summed E-state index contributed by atoms with van der Waals surface area (Å²) >= 11 is 0. The minimum Gasteiger partial charge on any atom is -0.309 e. The van der Waals surface area contributed by atoms with E-state index in [1.54, 1.807) is 0 Å². The largest absolute Gasteiger partial charge is 0.309 e. The Labute approximate surface area is 304 Å². The molecule has 0 fully saturated rings. The van der Waals surface area contributed by atoms with Gasteiger partial charge in [0.05, 0.1) is 56.2 Å². The Balaban J connectivity index is 1.26. The summed E-state index contributed by atoms with van der Waals surface area (Å²) in [6.45, 7) is 0. The van der Waals surface area contributed by atoms with Crippen LogP contribution >= 0.6 is 0 Å². The van der Waals surface area contributed by atoms with Crippen molar-refractivity contribution in [2.24, 2.45) is 0 Å². The Morgan fingerprint density at radius 1 is 0.321 bits per heavy atom. The number of hydrogen-bond donors (Lipinski definition) is 0. The van der Waals surface area contributed by atoms with E-state index in [0.717, 1.165) is 27.8 Å². The van der Waals surface area contributed by atoms with Gasteiger partial charge in [-0.15, -0.1) is 0 Å². The normalized spacial score (nSPS) is 12.2. The predicted molar refractivity (Wildman–Crippen MR) is 222 cm³/mol. The molecule has 53 heavy (non-hydrogen) atoms. The highest BCUT2D eigenvalue weighted by Crippen LogP contribution is 2.43. The third-order valence-electron chi connectivity index (χ3n) is 11.2. The average Bonchev–Trinajstić information content (AvgIpc) is 3.86. The fourth-order valence-electron chi connectivity index (χ4n) is 9.00. The summed E-state index contributed by atoms with van der Waals surface area (Å²) in [5, 5.41) is 10.9. The molecule has 0 aliphatic rings. The molecule has 0 aliphatic heterocycles. The molecule has 246 valence electrons. The van der Waals surface area contributed by atoms with Crippen LogP contribution in [0.5, 0.6) is 0 Å². The first-order valence-corrected chi connectivity index (χ1v) is 18.1. The number of rotatable bonds is 3. The molecule has 0 saturated carbocycles. The summed E-state index contributed by atoms with van der Waals surface area (Å²) < 4.78 is 7.31.